The van der Waals surface area contributed by atoms with Gasteiger partial charge in [-0.2, -0.15) is 5.10 Å². The summed E-state index contributed by atoms with van der Waals surface area (Å²) >= 11 is 3.46. The highest BCUT2D eigenvalue weighted by atomic mass is 79.9. The van der Waals surface area contributed by atoms with Gasteiger partial charge in [-0.05, 0) is 44.4 Å². The van der Waals surface area contributed by atoms with Crippen LogP contribution in [-0.4, -0.2) is 27.8 Å². The molecule has 2 aromatic rings. The smallest absolute Gasteiger partial charge is 0.255 e. The van der Waals surface area contributed by atoms with Crippen LogP contribution in [0.1, 0.15) is 43.2 Å². The Kier molecular flexibility index (Phi) is 5.83. The van der Waals surface area contributed by atoms with Gasteiger partial charge in [0.1, 0.15) is 0 Å². The van der Waals surface area contributed by atoms with Crippen molar-refractivity contribution in [3.63, 3.8) is 0 Å². The molecule has 2 rings (SSSR count). The van der Waals surface area contributed by atoms with E-state index >= 15 is 0 Å². The van der Waals surface area contributed by atoms with Gasteiger partial charge in [0.25, 0.3) is 5.91 Å². The SMILES string of the molecule is Cc1c(C(=O)NC(C)(CN)CC(C)C)cnn1-c1cccc(Br)c1. The van der Waals surface area contributed by atoms with Crippen molar-refractivity contribution in [2.75, 3.05) is 6.54 Å². The molecular weight excluding hydrogens is 368 g/mol. The summed E-state index contributed by atoms with van der Waals surface area (Å²) in [7, 11) is 0. The van der Waals surface area contributed by atoms with E-state index in [1.54, 1.807) is 10.9 Å². The van der Waals surface area contributed by atoms with Crippen molar-refractivity contribution in [3.05, 3.63) is 46.2 Å². The normalized spacial score (nSPS) is 13.8. The number of aromatic nitrogens is 2. The summed E-state index contributed by atoms with van der Waals surface area (Å²) in [6.07, 6.45) is 2.44. The zero-order chi connectivity index (χ0) is 17.9. The molecule has 0 spiro atoms. The molecule has 0 bridgehead atoms. The van der Waals surface area contributed by atoms with Crippen LogP contribution in [0.25, 0.3) is 5.69 Å². The Morgan fingerprint density at radius 3 is 2.75 bits per heavy atom. The Morgan fingerprint density at radius 1 is 1.46 bits per heavy atom. The van der Waals surface area contributed by atoms with Crippen LogP contribution in [-0.2, 0) is 0 Å². The lowest BCUT2D eigenvalue weighted by molar-refractivity contribution is 0.0897. The third kappa shape index (κ3) is 4.24. The van der Waals surface area contributed by atoms with Gasteiger partial charge in [-0.25, -0.2) is 4.68 Å². The van der Waals surface area contributed by atoms with Gasteiger partial charge in [0.15, 0.2) is 0 Å². The van der Waals surface area contributed by atoms with E-state index in [2.05, 4.69) is 40.2 Å². The maximum atomic E-state index is 12.7. The fourth-order valence-electron chi connectivity index (χ4n) is 2.93. The van der Waals surface area contributed by atoms with Crippen LogP contribution in [0.3, 0.4) is 0 Å². The standard InChI is InChI=1S/C18H25BrN4O/c1-12(2)9-18(4,11-20)22-17(24)16-10-21-23(13(16)3)15-7-5-6-14(19)8-15/h5-8,10,12H,9,11,20H2,1-4H3,(H,22,24). The molecule has 0 aliphatic heterocycles. The number of halogens is 1. The number of hydrogen-bond donors (Lipinski definition) is 2. The van der Waals surface area contributed by atoms with Crippen LogP contribution in [0, 0.1) is 12.8 Å². The van der Waals surface area contributed by atoms with Crippen molar-refractivity contribution in [2.24, 2.45) is 11.7 Å². The summed E-state index contributed by atoms with van der Waals surface area (Å²) < 4.78 is 2.73. The number of nitrogens with two attached hydrogens (primary N) is 1. The van der Waals surface area contributed by atoms with Crippen molar-refractivity contribution >= 4 is 21.8 Å². The Hall–Kier alpha value is -1.66. The molecule has 0 radical (unpaired) electrons. The predicted octanol–water partition coefficient (Wildman–Crippen LogP) is 3.44. The van der Waals surface area contributed by atoms with E-state index in [0.717, 1.165) is 22.3 Å². The molecule has 1 aromatic carbocycles. The molecule has 1 heterocycles. The quantitative estimate of drug-likeness (QED) is 0.790. The molecule has 0 saturated heterocycles. The molecule has 130 valence electrons. The average Bonchev–Trinajstić information content (AvgIpc) is 2.88. The van der Waals surface area contributed by atoms with Crippen molar-refractivity contribution in [1.29, 1.82) is 0 Å². The van der Waals surface area contributed by atoms with E-state index in [0.29, 0.717) is 18.0 Å². The lowest BCUT2D eigenvalue weighted by Gasteiger charge is -2.31. The number of hydrogen-bond acceptors (Lipinski definition) is 3. The summed E-state index contributed by atoms with van der Waals surface area (Å²) in [5.41, 5.74) is 7.75. The van der Waals surface area contributed by atoms with E-state index < -0.39 is 5.54 Å². The molecule has 0 aliphatic carbocycles. The molecule has 1 amide bonds. The largest absolute Gasteiger partial charge is 0.345 e. The van der Waals surface area contributed by atoms with Crippen LogP contribution in [0.4, 0.5) is 0 Å². The monoisotopic (exact) mass is 392 g/mol. The minimum atomic E-state index is -0.421. The van der Waals surface area contributed by atoms with Gasteiger partial charge < -0.3 is 11.1 Å². The van der Waals surface area contributed by atoms with E-state index in [9.17, 15) is 4.79 Å². The Bertz CT molecular complexity index is 726. The van der Waals surface area contributed by atoms with Crippen molar-refractivity contribution in [2.45, 2.75) is 39.7 Å². The number of nitrogens with one attached hydrogen (secondary N) is 1. The van der Waals surface area contributed by atoms with E-state index in [1.165, 1.54) is 0 Å². The fourth-order valence-corrected chi connectivity index (χ4v) is 3.32. The van der Waals surface area contributed by atoms with Gasteiger partial charge in [0.05, 0.1) is 23.1 Å². The molecular formula is C18H25BrN4O. The first-order chi connectivity index (χ1) is 11.3. The highest BCUT2D eigenvalue weighted by molar-refractivity contribution is 9.10. The summed E-state index contributed by atoms with van der Waals surface area (Å²) in [6, 6.07) is 7.81. The van der Waals surface area contributed by atoms with Crippen molar-refractivity contribution in [3.8, 4) is 5.69 Å². The minimum Gasteiger partial charge on any atom is -0.345 e. The van der Waals surface area contributed by atoms with E-state index in [-0.39, 0.29) is 5.91 Å². The molecule has 0 saturated carbocycles. The molecule has 5 nitrogen and oxygen atoms in total. The predicted molar refractivity (Wildman–Crippen MR) is 100 cm³/mol. The Balaban J connectivity index is 2.25. The number of benzene rings is 1. The Morgan fingerprint density at radius 2 is 2.17 bits per heavy atom. The van der Waals surface area contributed by atoms with E-state index in [4.69, 9.17) is 5.73 Å². The highest BCUT2D eigenvalue weighted by Crippen LogP contribution is 2.20. The number of rotatable bonds is 6. The van der Waals surface area contributed by atoms with Crippen LogP contribution >= 0.6 is 15.9 Å². The zero-order valence-electron chi connectivity index (χ0n) is 14.6. The second kappa shape index (κ2) is 7.49. The van der Waals surface area contributed by atoms with Gasteiger partial charge in [-0.15, -0.1) is 0 Å². The summed E-state index contributed by atoms with van der Waals surface area (Å²) in [5.74, 6) is 0.312. The number of nitrogens with zero attached hydrogens (tertiary/aromatic N) is 2. The lowest BCUT2D eigenvalue weighted by atomic mass is 9.90. The topological polar surface area (TPSA) is 72.9 Å². The highest BCUT2D eigenvalue weighted by Gasteiger charge is 2.27. The Labute approximate surface area is 151 Å². The second-order valence-electron chi connectivity index (χ2n) is 6.85. The van der Waals surface area contributed by atoms with Crippen molar-refractivity contribution < 1.29 is 4.79 Å². The van der Waals surface area contributed by atoms with Gasteiger partial charge in [-0.1, -0.05) is 35.8 Å². The summed E-state index contributed by atoms with van der Waals surface area (Å²) in [6.45, 7) is 8.52. The first-order valence-corrected chi connectivity index (χ1v) is 8.88. The number of carbonyl (C=O) groups is 1. The minimum absolute atomic E-state index is 0.137. The first kappa shape index (κ1) is 18.7. The maximum Gasteiger partial charge on any atom is 0.255 e. The number of amides is 1. The molecule has 0 aliphatic rings. The van der Waals surface area contributed by atoms with E-state index in [1.807, 2.05) is 38.1 Å². The second-order valence-corrected chi connectivity index (χ2v) is 7.77. The third-order valence-electron chi connectivity index (χ3n) is 4.03. The van der Waals surface area contributed by atoms with Crippen LogP contribution in [0.2, 0.25) is 0 Å². The number of carbonyl (C=O) groups excluding carboxylic acids is 1. The van der Waals surface area contributed by atoms with Crippen LogP contribution < -0.4 is 11.1 Å². The van der Waals surface area contributed by atoms with Crippen LogP contribution in [0.15, 0.2) is 34.9 Å². The molecule has 3 N–H and O–H groups in total. The third-order valence-corrected chi connectivity index (χ3v) is 4.53. The molecule has 24 heavy (non-hydrogen) atoms. The van der Waals surface area contributed by atoms with Crippen molar-refractivity contribution in [1.82, 2.24) is 15.1 Å². The lowest BCUT2D eigenvalue weighted by Crippen LogP contribution is -2.52. The molecule has 1 unspecified atom stereocenters. The fraction of sp³-hybridized carbons (Fsp3) is 0.444. The molecule has 6 heteroatoms. The molecule has 1 atom stereocenters. The average molecular weight is 393 g/mol. The van der Waals surface area contributed by atoms with Gasteiger partial charge >= 0.3 is 0 Å². The maximum absolute atomic E-state index is 12.7. The summed E-state index contributed by atoms with van der Waals surface area (Å²) in [5, 5.41) is 7.45. The molecule has 1 aromatic heterocycles. The van der Waals surface area contributed by atoms with Gasteiger partial charge in [0, 0.05) is 16.6 Å². The first-order valence-electron chi connectivity index (χ1n) is 8.09. The van der Waals surface area contributed by atoms with Gasteiger partial charge in [0.2, 0.25) is 0 Å². The summed E-state index contributed by atoms with van der Waals surface area (Å²) in [4.78, 5) is 12.7. The van der Waals surface area contributed by atoms with Gasteiger partial charge in [-0.3, -0.25) is 4.79 Å². The van der Waals surface area contributed by atoms with Crippen LogP contribution in [0.5, 0.6) is 0 Å². The molecule has 0 fully saturated rings. The zero-order valence-corrected chi connectivity index (χ0v) is 16.2.